The molecule has 9 heteroatoms. The first kappa shape index (κ1) is 21.1. The minimum absolute atomic E-state index is 0.0574. The van der Waals surface area contributed by atoms with E-state index in [4.69, 9.17) is 10.5 Å². The van der Waals surface area contributed by atoms with E-state index in [1.54, 1.807) is 26.8 Å². The average molecular weight is 444 g/mol. The average Bonchev–Trinajstić information content (AvgIpc) is 2.55. The Labute approximate surface area is 165 Å². The van der Waals surface area contributed by atoms with Gasteiger partial charge in [-0.15, -0.1) is 0 Å². The number of nitrogens with one attached hydrogen (secondary N) is 1. The van der Waals surface area contributed by atoms with Gasteiger partial charge in [-0.1, -0.05) is 15.9 Å². The molecule has 1 aromatic rings. The lowest BCUT2D eigenvalue weighted by Gasteiger charge is -2.36. The highest BCUT2D eigenvalue weighted by Gasteiger charge is 2.43. The molecule has 27 heavy (non-hydrogen) atoms. The largest absolute Gasteiger partial charge is 0.444 e. The summed E-state index contributed by atoms with van der Waals surface area (Å²) in [6, 6.07) is 4.54. The number of halogens is 2. The quantitative estimate of drug-likeness (QED) is 0.748. The third-order valence-electron chi connectivity index (χ3n) is 4.11. The second-order valence-corrected chi connectivity index (χ2v) is 8.36. The Balaban J connectivity index is 2.04. The number of nitrogens with zero attached hydrogens (tertiary/aromatic N) is 1. The van der Waals surface area contributed by atoms with E-state index in [1.165, 1.54) is 17.0 Å². The Kier molecular flexibility index (Phi) is 6.14. The lowest BCUT2D eigenvalue weighted by Crippen LogP contribution is -2.51. The number of piperidine rings is 1. The third-order valence-corrected chi connectivity index (χ3v) is 4.60. The fraction of sp³-hybridized carbons (Fsp3) is 0.500. The summed E-state index contributed by atoms with van der Waals surface area (Å²) in [6.07, 6.45) is -0.866. The van der Waals surface area contributed by atoms with Crippen LogP contribution in [0.5, 0.6) is 0 Å². The number of carbonyl (C=O) groups excluding carboxylic acids is 3. The predicted octanol–water partition coefficient (Wildman–Crippen LogP) is 3.23. The first-order chi connectivity index (χ1) is 12.4. The first-order valence-corrected chi connectivity index (χ1v) is 9.28. The Morgan fingerprint density at radius 1 is 1.26 bits per heavy atom. The molecule has 0 aromatic heterocycles. The Morgan fingerprint density at radius 2 is 1.85 bits per heavy atom. The smallest absolute Gasteiger partial charge is 0.410 e. The van der Waals surface area contributed by atoms with E-state index in [-0.39, 0.29) is 37.2 Å². The van der Waals surface area contributed by atoms with Gasteiger partial charge in [0.15, 0.2) is 5.67 Å². The van der Waals surface area contributed by atoms with Crippen LogP contribution in [0.2, 0.25) is 0 Å². The number of benzene rings is 1. The van der Waals surface area contributed by atoms with Crippen molar-refractivity contribution in [3.63, 3.8) is 0 Å². The van der Waals surface area contributed by atoms with Gasteiger partial charge in [-0.25, -0.2) is 9.18 Å². The van der Waals surface area contributed by atoms with Crippen molar-refractivity contribution in [1.29, 1.82) is 0 Å². The fourth-order valence-corrected chi connectivity index (χ4v) is 3.02. The number of alkyl halides is 1. The van der Waals surface area contributed by atoms with Gasteiger partial charge >= 0.3 is 6.09 Å². The van der Waals surface area contributed by atoms with E-state index in [2.05, 4.69) is 21.2 Å². The van der Waals surface area contributed by atoms with Crippen molar-refractivity contribution in [3.8, 4) is 0 Å². The number of ether oxygens (including phenoxy) is 1. The van der Waals surface area contributed by atoms with Crippen molar-refractivity contribution in [2.75, 3.05) is 18.4 Å². The lowest BCUT2D eigenvalue weighted by atomic mass is 9.92. The highest BCUT2D eigenvalue weighted by molar-refractivity contribution is 9.10. The monoisotopic (exact) mass is 443 g/mol. The van der Waals surface area contributed by atoms with Gasteiger partial charge in [-0.3, -0.25) is 9.59 Å². The van der Waals surface area contributed by atoms with Crippen molar-refractivity contribution in [1.82, 2.24) is 4.90 Å². The number of carbonyl (C=O) groups is 3. The molecule has 1 heterocycles. The van der Waals surface area contributed by atoms with Crippen LogP contribution in [0.4, 0.5) is 14.9 Å². The van der Waals surface area contributed by atoms with Crippen molar-refractivity contribution in [2.45, 2.75) is 44.9 Å². The maximum absolute atomic E-state index is 15.1. The van der Waals surface area contributed by atoms with Gasteiger partial charge in [0.05, 0.1) is 11.3 Å². The molecule has 1 saturated heterocycles. The summed E-state index contributed by atoms with van der Waals surface area (Å²) in [5.74, 6) is -1.60. The van der Waals surface area contributed by atoms with Crippen LogP contribution in [-0.4, -0.2) is 47.2 Å². The molecule has 1 aliphatic rings. The number of nitrogens with two attached hydrogens (primary N) is 1. The van der Waals surface area contributed by atoms with E-state index in [0.717, 1.165) is 0 Å². The number of anilines is 1. The molecule has 2 rings (SSSR count). The molecule has 0 saturated carbocycles. The van der Waals surface area contributed by atoms with Crippen molar-refractivity contribution in [3.05, 3.63) is 28.2 Å². The van der Waals surface area contributed by atoms with Crippen LogP contribution in [0.3, 0.4) is 0 Å². The molecule has 7 nitrogen and oxygen atoms in total. The second kappa shape index (κ2) is 7.84. The Hall–Kier alpha value is -2.16. The van der Waals surface area contributed by atoms with Crippen LogP contribution in [0.1, 0.15) is 44.0 Å². The standard InChI is InChI=1S/C18H23BrFN3O4/c1-17(2,3)27-16(26)23-8-6-18(20,7-9-23)15(25)22-13-5-4-11(19)10-12(13)14(21)24/h4-5,10H,6-9H2,1-3H3,(H2,21,24)(H,22,25). The van der Waals surface area contributed by atoms with Gasteiger partial charge in [0.1, 0.15) is 5.60 Å². The van der Waals surface area contributed by atoms with E-state index in [1.807, 2.05) is 0 Å². The van der Waals surface area contributed by atoms with Crippen LogP contribution in [0.15, 0.2) is 22.7 Å². The van der Waals surface area contributed by atoms with Gasteiger partial charge < -0.3 is 20.7 Å². The third kappa shape index (κ3) is 5.41. The lowest BCUT2D eigenvalue weighted by molar-refractivity contribution is -0.130. The molecule has 3 N–H and O–H groups in total. The Bertz CT molecular complexity index is 755. The van der Waals surface area contributed by atoms with Gasteiger partial charge in [-0.05, 0) is 39.0 Å². The minimum Gasteiger partial charge on any atom is -0.444 e. The van der Waals surface area contributed by atoms with E-state index >= 15 is 4.39 Å². The predicted molar refractivity (Wildman–Crippen MR) is 102 cm³/mol. The van der Waals surface area contributed by atoms with Crippen molar-refractivity contribution < 1.29 is 23.5 Å². The summed E-state index contributed by atoms with van der Waals surface area (Å²) in [4.78, 5) is 37.5. The molecule has 148 valence electrons. The van der Waals surface area contributed by atoms with E-state index in [9.17, 15) is 14.4 Å². The first-order valence-electron chi connectivity index (χ1n) is 8.49. The normalized spacial score (nSPS) is 16.6. The molecule has 0 aliphatic carbocycles. The zero-order valence-corrected chi connectivity index (χ0v) is 17.1. The maximum atomic E-state index is 15.1. The molecule has 1 aliphatic heterocycles. The molecule has 1 fully saturated rings. The van der Waals surface area contributed by atoms with Gasteiger partial charge in [0.2, 0.25) is 0 Å². The van der Waals surface area contributed by atoms with Crippen LogP contribution in [0.25, 0.3) is 0 Å². The van der Waals surface area contributed by atoms with Gasteiger partial charge in [0.25, 0.3) is 11.8 Å². The number of primary amides is 1. The number of hydrogen-bond donors (Lipinski definition) is 2. The molecule has 0 bridgehead atoms. The van der Waals surface area contributed by atoms with Crippen LogP contribution in [0, 0.1) is 0 Å². The molecule has 0 atom stereocenters. The number of amides is 3. The van der Waals surface area contributed by atoms with E-state index in [0.29, 0.717) is 4.47 Å². The number of rotatable bonds is 3. The van der Waals surface area contributed by atoms with Crippen LogP contribution < -0.4 is 11.1 Å². The number of likely N-dealkylation sites (tertiary alicyclic amines) is 1. The highest BCUT2D eigenvalue weighted by atomic mass is 79.9. The molecular weight excluding hydrogens is 421 g/mol. The SMILES string of the molecule is CC(C)(C)OC(=O)N1CCC(F)(C(=O)Nc2ccc(Br)cc2C(N)=O)CC1. The molecule has 1 aromatic carbocycles. The molecular formula is C18H23BrFN3O4. The van der Waals surface area contributed by atoms with Crippen molar-refractivity contribution >= 4 is 39.5 Å². The molecule has 0 radical (unpaired) electrons. The summed E-state index contributed by atoms with van der Waals surface area (Å²) >= 11 is 3.21. The van der Waals surface area contributed by atoms with E-state index < -0.39 is 29.2 Å². The molecule has 0 spiro atoms. The van der Waals surface area contributed by atoms with Crippen LogP contribution >= 0.6 is 15.9 Å². The summed E-state index contributed by atoms with van der Waals surface area (Å²) in [6.45, 7) is 5.35. The summed E-state index contributed by atoms with van der Waals surface area (Å²) in [5, 5.41) is 2.44. The van der Waals surface area contributed by atoms with Crippen LogP contribution in [-0.2, 0) is 9.53 Å². The van der Waals surface area contributed by atoms with Crippen molar-refractivity contribution in [2.24, 2.45) is 5.73 Å². The summed E-state index contributed by atoms with van der Waals surface area (Å²) in [5.41, 5.74) is 2.73. The zero-order chi connectivity index (χ0) is 20.4. The molecule has 3 amide bonds. The summed E-state index contributed by atoms with van der Waals surface area (Å²) < 4.78 is 21.0. The topological polar surface area (TPSA) is 102 Å². The zero-order valence-electron chi connectivity index (χ0n) is 15.5. The fourth-order valence-electron chi connectivity index (χ4n) is 2.66. The summed E-state index contributed by atoms with van der Waals surface area (Å²) in [7, 11) is 0. The minimum atomic E-state index is -2.15. The second-order valence-electron chi connectivity index (χ2n) is 7.44. The maximum Gasteiger partial charge on any atom is 0.410 e. The highest BCUT2D eigenvalue weighted by Crippen LogP contribution is 2.30. The molecule has 0 unspecified atom stereocenters. The van der Waals surface area contributed by atoms with Gasteiger partial charge in [0, 0.05) is 30.4 Å². The Morgan fingerprint density at radius 3 is 2.37 bits per heavy atom. The number of hydrogen-bond acceptors (Lipinski definition) is 4. The van der Waals surface area contributed by atoms with Gasteiger partial charge in [-0.2, -0.15) is 0 Å².